The lowest BCUT2D eigenvalue weighted by Crippen LogP contribution is -2.50. The third-order valence-corrected chi connectivity index (χ3v) is 3.96. The third kappa shape index (κ3) is 7.40. The number of aromatic hydroxyl groups is 2. The molecule has 4 N–H and O–H groups in total. The van der Waals surface area contributed by atoms with E-state index in [0.717, 1.165) is 5.56 Å². The van der Waals surface area contributed by atoms with Gasteiger partial charge in [-0.3, -0.25) is 9.59 Å². The predicted molar refractivity (Wildman–Crippen MR) is 110 cm³/mol. The molecule has 146 valence electrons. The number of phenols is 2. The number of benzene rings is 2. The van der Waals surface area contributed by atoms with E-state index in [0.29, 0.717) is 18.5 Å². The molecule has 0 spiro atoms. The molecule has 0 aliphatic heterocycles. The number of hydrogen-bond donors (Lipinski definition) is 4. The zero-order chi connectivity index (χ0) is 19.2. The van der Waals surface area contributed by atoms with Gasteiger partial charge in [0.05, 0.1) is 13.0 Å². The summed E-state index contributed by atoms with van der Waals surface area (Å²) in [6.45, 7) is 4.19. The van der Waals surface area contributed by atoms with Gasteiger partial charge in [-0.25, -0.2) is 0 Å². The van der Waals surface area contributed by atoms with Crippen molar-refractivity contribution in [3.63, 3.8) is 0 Å². The van der Waals surface area contributed by atoms with Crippen molar-refractivity contribution in [2.24, 2.45) is 0 Å². The van der Waals surface area contributed by atoms with Crippen molar-refractivity contribution in [2.75, 3.05) is 13.1 Å². The molecule has 0 fully saturated rings. The van der Waals surface area contributed by atoms with Gasteiger partial charge >= 0.3 is 0 Å². The Bertz CT molecular complexity index is 779. The molecule has 0 unspecified atom stereocenters. The van der Waals surface area contributed by atoms with Crippen molar-refractivity contribution in [2.45, 2.75) is 25.8 Å². The fourth-order valence-corrected chi connectivity index (χ4v) is 2.34. The third-order valence-electron chi connectivity index (χ3n) is 3.96. The first-order chi connectivity index (χ1) is 12.3. The number of Topliss-reactive ketones (excluding diaryl/α,β-unsaturated/α-hetero) is 1. The number of ketones is 1. The lowest BCUT2D eigenvalue weighted by atomic mass is 10.0. The van der Waals surface area contributed by atoms with Crippen LogP contribution in [-0.4, -0.2) is 40.5 Å². The number of phenolic OH excluding ortho intramolecular Hbond substituents is 2. The van der Waals surface area contributed by atoms with Crippen LogP contribution in [0, 0.1) is 0 Å². The fraction of sp³-hybridized carbons (Fsp3) is 0.300. The van der Waals surface area contributed by atoms with Crippen molar-refractivity contribution in [3.05, 3.63) is 59.7 Å². The molecule has 0 heterocycles. The molecule has 0 bridgehead atoms. The molecule has 0 atom stereocenters. The van der Waals surface area contributed by atoms with Crippen LogP contribution in [0.15, 0.2) is 48.5 Å². The van der Waals surface area contributed by atoms with Crippen LogP contribution in [0.2, 0.25) is 0 Å². The lowest BCUT2D eigenvalue weighted by Gasteiger charge is -2.26. The van der Waals surface area contributed by atoms with Gasteiger partial charge in [0.1, 0.15) is 0 Å². The monoisotopic (exact) mass is 436 g/mol. The van der Waals surface area contributed by atoms with Crippen molar-refractivity contribution < 1.29 is 19.8 Å². The van der Waals surface area contributed by atoms with Gasteiger partial charge in [0.2, 0.25) is 5.91 Å². The molecule has 0 radical (unpaired) electrons. The number of carbonyl (C=O) groups is 2. The van der Waals surface area contributed by atoms with Crippen LogP contribution in [0.3, 0.4) is 0 Å². The van der Waals surface area contributed by atoms with Crippen LogP contribution in [0.25, 0.3) is 0 Å². The second kappa shape index (κ2) is 10.1. The normalized spacial score (nSPS) is 10.7. The van der Waals surface area contributed by atoms with Gasteiger partial charge in [-0.05, 0) is 37.6 Å². The second-order valence-corrected chi connectivity index (χ2v) is 6.80. The Morgan fingerprint density at radius 3 is 2.30 bits per heavy atom. The predicted octanol–water partition coefficient (Wildman–Crippen LogP) is 2.59. The molecule has 7 heteroatoms. The van der Waals surface area contributed by atoms with Gasteiger partial charge in [0, 0.05) is 17.6 Å². The van der Waals surface area contributed by atoms with Gasteiger partial charge in [-0.1, -0.05) is 30.3 Å². The minimum Gasteiger partial charge on any atom is -0.504 e. The number of rotatable bonds is 8. The molecule has 2 aromatic rings. The maximum Gasteiger partial charge on any atom is 0.224 e. The molecule has 0 aliphatic carbocycles. The molecule has 27 heavy (non-hydrogen) atoms. The highest BCUT2D eigenvalue weighted by atomic mass is 79.9. The number of hydrogen-bond acceptors (Lipinski definition) is 5. The van der Waals surface area contributed by atoms with Crippen molar-refractivity contribution in [3.8, 4) is 11.5 Å². The molecule has 0 aliphatic rings. The van der Waals surface area contributed by atoms with E-state index in [1.807, 2.05) is 44.2 Å². The van der Waals surface area contributed by atoms with E-state index in [4.69, 9.17) is 0 Å². The number of amides is 1. The van der Waals surface area contributed by atoms with E-state index in [1.165, 1.54) is 18.2 Å². The average molecular weight is 437 g/mol. The first kappa shape index (κ1) is 22.7. The molecule has 0 saturated carbocycles. The number of halogens is 1. The largest absolute Gasteiger partial charge is 0.504 e. The van der Waals surface area contributed by atoms with Gasteiger partial charge < -0.3 is 20.8 Å². The SMILES string of the molecule is Br.CC(C)(CNC(=O)Cc1ccccc1)NCC(=O)c1ccc(O)c(O)c1. The number of carbonyl (C=O) groups excluding carboxylic acids is 2. The zero-order valence-corrected chi connectivity index (χ0v) is 17.1. The minimum atomic E-state index is -0.485. The summed E-state index contributed by atoms with van der Waals surface area (Å²) in [4.78, 5) is 24.2. The Morgan fingerprint density at radius 2 is 1.67 bits per heavy atom. The summed E-state index contributed by atoms with van der Waals surface area (Å²) in [6, 6.07) is 13.4. The van der Waals surface area contributed by atoms with Gasteiger partial charge in [-0.15, -0.1) is 17.0 Å². The fourth-order valence-electron chi connectivity index (χ4n) is 2.34. The molecular weight excluding hydrogens is 412 g/mol. The quantitative estimate of drug-likeness (QED) is 0.376. The van der Waals surface area contributed by atoms with Crippen LogP contribution in [0.5, 0.6) is 11.5 Å². The van der Waals surface area contributed by atoms with Crippen LogP contribution in [0.4, 0.5) is 0 Å². The first-order valence-electron chi connectivity index (χ1n) is 8.38. The van der Waals surface area contributed by atoms with Crippen LogP contribution in [-0.2, 0) is 11.2 Å². The van der Waals surface area contributed by atoms with E-state index in [9.17, 15) is 19.8 Å². The molecule has 2 rings (SSSR count). The average Bonchev–Trinajstić information content (AvgIpc) is 2.61. The Balaban J connectivity index is 0.00000364. The maximum absolute atomic E-state index is 12.2. The van der Waals surface area contributed by atoms with Crippen molar-refractivity contribution in [1.29, 1.82) is 0 Å². The lowest BCUT2D eigenvalue weighted by molar-refractivity contribution is -0.120. The second-order valence-electron chi connectivity index (χ2n) is 6.80. The van der Waals surface area contributed by atoms with Crippen LogP contribution >= 0.6 is 17.0 Å². The first-order valence-corrected chi connectivity index (χ1v) is 8.38. The highest BCUT2D eigenvalue weighted by molar-refractivity contribution is 8.93. The van der Waals surface area contributed by atoms with Crippen molar-refractivity contribution in [1.82, 2.24) is 10.6 Å². The number of nitrogens with one attached hydrogen (secondary N) is 2. The van der Waals surface area contributed by atoms with Crippen LogP contribution < -0.4 is 10.6 Å². The molecule has 0 aromatic heterocycles. The molecular formula is C20H25BrN2O4. The van der Waals surface area contributed by atoms with E-state index < -0.39 is 5.54 Å². The summed E-state index contributed by atoms with van der Waals surface area (Å²) in [5.74, 6) is -0.899. The van der Waals surface area contributed by atoms with Gasteiger partial charge in [-0.2, -0.15) is 0 Å². The Labute approximate surface area is 169 Å². The highest BCUT2D eigenvalue weighted by Crippen LogP contribution is 2.24. The Hall–Kier alpha value is -2.38. The Morgan fingerprint density at radius 1 is 1.00 bits per heavy atom. The van der Waals surface area contributed by atoms with E-state index >= 15 is 0 Å². The summed E-state index contributed by atoms with van der Waals surface area (Å²) in [5, 5.41) is 24.7. The smallest absolute Gasteiger partial charge is 0.224 e. The topological polar surface area (TPSA) is 98.7 Å². The van der Waals surface area contributed by atoms with Gasteiger partial charge in [0.15, 0.2) is 17.3 Å². The van der Waals surface area contributed by atoms with Gasteiger partial charge in [0.25, 0.3) is 0 Å². The summed E-state index contributed by atoms with van der Waals surface area (Å²) >= 11 is 0. The Kier molecular flexibility index (Phi) is 8.46. The maximum atomic E-state index is 12.2. The summed E-state index contributed by atoms with van der Waals surface area (Å²) in [7, 11) is 0. The highest BCUT2D eigenvalue weighted by Gasteiger charge is 2.20. The summed E-state index contributed by atoms with van der Waals surface area (Å²) < 4.78 is 0. The van der Waals surface area contributed by atoms with Crippen molar-refractivity contribution >= 4 is 28.7 Å². The summed E-state index contributed by atoms with van der Waals surface area (Å²) in [5.41, 5.74) is 0.760. The molecule has 6 nitrogen and oxygen atoms in total. The molecule has 0 saturated heterocycles. The zero-order valence-electron chi connectivity index (χ0n) is 15.4. The minimum absolute atomic E-state index is 0. The van der Waals surface area contributed by atoms with E-state index in [2.05, 4.69) is 10.6 Å². The molecule has 2 aromatic carbocycles. The summed E-state index contributed by atoms with van der Waals surface area (Å²) in [6.07, 6.45) is 0.308. The van der Waals surface area contributed by atoms with Crippen LogP contribution in [0.1, 0.15) is 29.8 Å². The molecule has 1 amide bonds. The standard InChI is InChI=1S/C20H24N2O4.BrH/c1-20(2,13-21-19(26)10-14-6-4-3-5-7-14)22-12-18(25)15-8-9-16(23)17(24)11-15;/h3-9,11,22-24H,10,12-13H2,1-2H3,(H,21,26);1H. The van der Waals surface area contributed by atoms with E-state index in [-0.39, 0.29) is 46.7 Å². The van der Waals surface area contributed by atoms with E-state index in [1.54, 1.807) is 0 Å².